The monoisotopic (exact) mass is 265 g/mol. The maximum Gasteiger partial charge on any atom is 0.118 e. The van der Waals surface area contributed by atoms with Crippen LogP contribution in [0.1, 0.15) is 45.2 Å². The molecule has 0 aliphatic carbocycles. The summed E-state index contributed by atoms with van der Waals surface area (Å²) < 4.78 is 5.19. The third-order valence-corrected chi connectivity index (χ3v) is 3.59. The lowest BCUT2D eigenvalue weighted by Gasteiger charge is -2.28. The Morgan fingerprint density at radius 3 is 2.26 bits per heavy atom. The van der Waals surface area contributed by atoms with Gasteiger partial charge in [-0.05, 0) is 36.5 Å². The summed E-state index contributed by atoms with van der Waals surface area (Å²) in [5.41, 5.74) is 1.27. The fraction of sp³-hybridized carbons (Fsp3) is 0.625. The molecule has 0 saturated carbocycles. The lowest BCUT2D eigenvalue weighted by atomic mass is 9.97. The molecule has 0 aliphatic heterocycles. The van der Waals surface area contributed by atoms with E-state index < -0.39 is 0 Å². The van der Waals surface area contributed by atoms with Gasteiger partial charge in [-0.15, -0.1) is 0 Å². The van der Waals surface area contributed by atoms with E-state index >= 15 is 0 Å². The molecule has 0 aliphatic rings. The lowest BCUT2D eigenvalue weighted by Crippen LogP contribution is -2.37. The number of hydrogen-bond acceptors (Lipinski definition) is 3. The lowest BCUT2D eigenvalue weighted by molar-refractivity contribution is 0.233. The van der Waals surface area contributed by atoms with Gasteiger partial charge in [0.05, 0.1) is 7.11 Å². The van der Waals surface area contributed by atoms with Crippen molar-refractivity contribution in [3.63, 3.8) is 0 Å². The molecule has 0 aromatic heterocycles. The van der Waals surface area contributed by atoms with E-state index in [9.17, 15) is 0 Å². The predicted molar refractivity (Wildman–Crippen MR) is 79.5 cm³/mol. The fourth-order valence-corrected chi connectivity index (χ4v) is 2.29. The van der Waals surface area contributed by atoms with Crippen molar-refractivity contribution >= 4 is 0 Å². The zero-order chi connectivity index (χ0) is 14.3. The van der Waals surface area contributed by atoms with Crippen LogP contribution < -0.4 is 10.1 Å². The molecule has 108 valence electrons. The van der Waals surface area contributed by atoms with Gasteiger partial charge in [0.1, 0.15) is 5.75 Å². The van der Waals surface area contributed by atoms with Crippen molar-refractivity contribution in [1.82, 2.24) is 5.32 Å². The van der Waals surface area contributed by atoms with Crippen LogP contribution in [0, 0.1) is 5.92 Å². The molecule has 0 spiro atoms. The standard InChI is InChI=1S/C16H27NO2/c1-5-15(17-16(10-11-18)12(2)3)13-6-8-14(19-4)9-7-13/h6-9,12,15-18H,5,10-11H2,1-4H3. The Labute approximate surface area is 117 Å². The van der Waals surface area contributed by atoms with E-state index in [-0.39, 0.29) is 6.61 Å². The first kappa shape index (κ1) is 16.0. The molecule has 1 aromatic carbocycles. The summed E-state index contributed by atoms with van der Waals surface area (Å²) in [6.07, 6.45) is 1.82. The molecule has 1 aromatic rings. The Morgan fingerprint density at radius 2 is 1.84 bits per heavy atom. The zero-order valence-electron chi connectivity index (χ0n) is 12.5. The molecule has 0 fully saturated rings. The van der Waals surface area contributed by atoms with Crippen LogP contribution in [0.3, 0.4) is 0 Å². The maximum absolute atomic E-state index is 9.15. The van der Waals surface area contributed by atoms with Crippen molar-refractivity contribution in [2.24, 2.45) is 5.92 Å². The van der Waals surface area contributed by atoms with E-state index in [0.717, 1.165) is 18.6 Å². The summed E-state index contributed by atoms with van der Waals surface area (Å²) in [5, 5.41) is 12.8. The first-order valence-corrected chi connectivity index (χ1v) is 7.13. The van der Waals surface area contributed by atoms with Gasteiger partial charge >= 0.3 is 0 Å². The number of aliphatic hydroxyl groups is 1. The van der Waals surface area contributed by atoms with Crippen LogP contribution in [-0.2, 0) is 0 Å². The van der Waals surface area contributed by atoms with Gasteiger partial charge in [-0.2, -0.15) is 0 Å². The van der Waals surface area contributed by atoms with Gasteiger partial charge in [0.2, 0.25) is 0 Å². The Morgan fingerprint density at radius 1 is 1.21 bits per heavy atom. The van der Waals surface area contributed by atoms with Gasteiger partial charge in [0, 0.05) is 18.7 Å². The summed E-state index contributed by atoms with van der Waals surface area (Å²) >= 11 is 0. The van der Waals surface area contributed by atoms with Crippen molar-refractivity contribution in [2.45, 2.75) is 45.7 Å². The highest BCUT2D eigenvalue weighted by atomic mass is 16.5. The van der Waals surface area contributed by atoms with Gasteiger partial charge in [-0.1, -0.05) is 32.9 Å². The Bertz CT molecular complexity index is 348. The van der Waals surface area contributed by atoms with Gasteiger partial charge < -0.3 is 15.2 Å². The third-order valence-electron chi connectivity index (χ3n) is 3.59. The second kappa shape index (κ2) is 8.18. The minimum absolute atomic E-state index is 0.231. The van der Waals surface area contributed by atoms with Gasteiger partial charge in [-0.3, -0.25) is 0 Å². The molecule has 2 atom stereocenters. The summed E-state index contributed by atoms with van der Waals surface area (Å²) in [6.45, 7) is 6.79. The second-order valence-electron chi connectivity index (χ2n) is 5.26. The molecule has 0 radical (unpaired) electrons. The van der Waals surface area contributed by atoms with Crippen LogP contribution in [0.25, 0.3) is 0 Å². The molecule has 0 amide bonds. The number of nitrogens with one attached hydrogen (secondary N) is 1. The van der Waals surface area contributed by atoms with E-state index in [1.54, 1.807) is 7.11 Å². The van der Waals surface area contributed by atoms with E-state index in [0.29, 0.717) is 18.0 Å². The number of benzene rings is 1. The van der Waals surface area contributed by atoms with Gasteiger partial charge in [-0.25, -0.2) is 0 Å². The Kier molecular flexibility index (Phi) is 6.89. The highest BCUT2D eigenvalue weighted by Gasteiger charge is 2.18. The quantitative estimate of drug-likeness (QED) is 0.758. The van der Waals surface area contributed by atoms with E-state index in [1.807, 2.05) is 12.1 Å². The minimum Gasteiger partial charge on any atom is -0.497 e. The molecular weight excluding hydrogens is 238 g/mol. The number of hydrogen-bond donors (Lipinski definition) is 2. The summed E-state index contributed by atoms with van der Waals surface area (Å²) in [6, 6.07) is 8.88. The molecular formula is C16H27NO2. The van der Waals surface area contributed by atoms with Crippen LogP contribution in [0.4, 0.5) is 0 Å². The fourth-order valence-electron chi connectivity index (χ4n) is 2.29. The van der Waals surface area contributed by atoms with Crippen LogP contribution in [0.2, 0.25) is 0 Å². The van der Waals surface area contributed by atoms with Crippen molar-refractivity contribution in [3.05, 3.63) is 29.8 Å². The molecule has 3 nitrogen and oxygen atoms in total. The van der Waals surface area contributed by atoms with E-state index in [1.165, 1.54) is 5.56 Å². The normalized spacial score (nSPS) is 14.4. The average molecular weight is 265 g/mol. The number of ether oxygens (including phenoxy) is 1. The molecule has 2 unspecified atom stereocenters. The summed E-state index contributed by atoms with van der Waals surface area (Å²) in [7, 11) is 1.68. The first-order valence-electron chi connectivity index (χ1n) is 7.13. The number of aliphatic hydroxyl groups excluding tert-OH is 1. The maximum atomic E-state index is 9.15. The van der Waals surface area contributed by atoms with Crippen molar-refractivity contribution < 1.29 is 9.84 Å². The zero-order valence-corrected chi connectivity index (χ0v) is 12.5. The van der Waals surface area contributed by atoms with Gasteiger partial charge in [0.15, 0.2) is 0 Å². The molecule has 1 rings (SSSR count). The van der Waals surface area contributed by atoms with E-state index in [2.05, 4.69) is 38.2 Å². The van der Waals surface area contributed by atoms with Crippen molar-refractivity contribution in [2.75, 3.05) is 13.7 Å². The van der Waals surface area contributed by atoms with Crippen molar-refractivity contribution in [1.29, 1.82) is 0 Å². The van der Waals surface area contributed by atoms with Crippen LogP contribution in [0.15, 0.2) is 24.3 Å². The molecule has 0 saturated heterocycles. The Balaban J connectivity index is 2.74. The molecule has 2 N–H and O–H groups in total. The number of methoxy groups -OCH3 is 1. The molecule has 3 heteroatoms. The third kappa shape index (κ3) is 4.84. The van der Waals surface area contributed by atoms with E-state index in [4.69, 9.17) is 9.84 Å². The highest BCUT2D eigenvalue weighted by Crippen LogP contribution is 2.22. The Hall–Kier alpha value is -1.06. The molecule has 0 bridgehead atoms. The smallest absolute Gasteiger partial charge is 0.118 e. The SMILES string of the molecule is CCC(NC(CCO)C(C)C)c1ccc(OC)cc1. The largest absolute Gasteiger partial charge is 0.497 e. The summed E-state index contributed by atoms with van der Waals surface area (Å²) in [5.74, 6) is 1.40. The minimum atomic E-state index is 0.231. The molecule has 0 heterocycles. The van der Waals surface area contributed by atoms with Crippen LogP contribution in [0.5, 0.6) is 5.75 Å². The molecule has 19 heavy (non-hydrogen) atoms. The highest BCUT2D eigenvalue weighted by molar-refractivity contribution is 5.29. The topological polar surface area (TPSA) is 41.5 Å². The average Bonchev–Trinajstić information content (AvgIpc) is 2.43. The van der Waals surface area contributed by atoms with Crippen LogP contribution in [-0.4, -0.2) is 24.9 Å². The van der Waals surface area contributed by atoms with Crippen molar-refractivity contribution in [3.8, 4) is 5.75 Å². The van der Waals surface area contributed by atoms with Crippen LogP contribution >= 0.6 is 0 Å². The predicted octanol–water partition coefficient (Wildman–Crippen LogP) is 3.14. The summed E-state index contributed by atoms with van der Waals surface area (Å²) in [4.78, 5) is 0. The van der Waals surface area contributed by atoms with Gasteiger partial charge in [0.25, 0.3) is 0 Å². The first-order chi connectivity index (χ1) is 9.12. The number of rotatable bonds is 8. The second-order valence-corrected chi connectivity index (χ2v) is 5.26.